The summed E-state index contributed by atoms with van der Waals surface area (Å²) in [7, 11) is 0. The average Bonchev–Trinajstić information content (AvgIpc) is 2.25. The van der Waals surface area contributed by atoms with Crippen LogP contribution in [0.5, 0.6) is 5.75 Å². The zero-order valence-electron chi connectivity index (χ0n) is 11.0. The average molecular weight is 300 g/mol. The molecular formula is C13H14F6O. The van der Waals surface area contributed by atoms with Crippen molar-refractivity contribution in [3.63, 3.8) is 0 Å². The molecule has 0 spiro atoms. The molecule has 0 aliphatic heterocycles. The third-order valence-corrected chi connectivity index (χ3v) is 2.80. The third-order valence-electron chi connectivity index (χ3n) is 2.80. The number of alkyl halides is 6. The first-order valence-corrected chi connectivity index (χ1v) is 5.70. The number of hydrogen-bond acceptors (Lipinski definition) is 1. The van der Waals surface area contributed by atoms with Gasteiger partial charge in [0.1, 0.15) is 5.75 Å². The van der Waals surface area contributed by atoms with Crippen molar-refractivity contribution in [1.82, 2.24) is 0 Å². The molecule has 114 valence electrons. The largest absolute Gasteiger partial charge is 0.508 e. The lowest BCUT2D eigenvalue weighted by atomic mass is 9.84. The van der Waals surface area contributed by atoms with Gasteiger partial charge in [0.25, 0.3) is 6.17 Å². The molecule has 0 fully saturated rings. The van der Waals surface area contributed by atoms with Gasteiger partial charge in [-0.05, 0) is 29.2 Å². The number of halogens is 6. The maximum absolute atomic E-state index is 13.6. The Kier molecular flexibility index (Phi) is 4.04. The molecule has 0 heterocycles. The molecule has 1 nitrogen and oxygen atoms in total. The second-order valence-corrected chi connectivity index (χ2v) is 5.51. The predicted molar refractivity (Wildman–Crippen MR) is 61.7 cm³/mol. The molecule has 0 aromatic heterocycles. The van der Waals surface area contributed by atoms with Gasteiger partial charge in [0.15, 0.2) is 0 Å². The summed E-state index contributed by atoms with van der Waals surface area (Å²) in [6.07, 6.45) is -9.96. The Labute approximate surface area is 112 Å². The molecule has 1 aromatic rings. The number of aromatic hydroxyl groups is 1. The Balaban J connectivity index is 3.34. The van der Waals surface area contributed by atoms with E-state index in [1.807, 2.05) is 0 Å². The maximum atomic E-state index is 13.6. The van der Waals surface area contributed by atoms with Gasteiger partial charge in [-0.25, -0.2) is 4.39 Å². The number of phenols is 1. The van der Waals surface area contributed by atoms with Crippen LogP contribution in [-0.4, -0.2) is 17.5 Å². The van der Waals surface area contributed by atoms with Gasteiger partial charge in [-0.1, -0.05) is 20.8 Å². The number of rotatable bonds is 2. The molecular weight excluding hydrogens is 286 g/mol. The van der Waals surface area contributed by atoms with E-state index in [1.165, 1.54) is 0 Å². The molecule has 1 atom stereocenters. The minimum atomic E-state index is -5.66. The number of benzene rings is 1. The van der Waals surface area contributed by atoms with E-state index in [0.717, 1.165) is 6.07 Å². The van der Waals surface area contributed by atoms with E-state index in [0.29, 0.717) is 12.1 Å². The third kappa shape index (κ3) is 3.19. The lowest BCUT2D eigenvalue weighted by Crippen LogP contribution is -2.39. The normalized spacial score (nSPS) is 15.2. The number of phenolic OH excluding ortho intramolecular Hbond substituents is 1. The Morgan fingerprint density at radius 1 is 1.00 bits per heavy atom. The summed E-state index contributed by atoms with van der Waals surface area (Å²) >= 11 is 0. The lowest BCUT2D eigenvalue weighted by molar-refractivity contribution is -0.248. The lowest BCUT2D eigenvalue weighted by Gasteiger charge is -2.26. The first-order chi connectivity index (χ1) is 8.78. The zero-order chi connectivity index (χ0) is 15.9. The van der Waals surface area contributed by atoms with Gasteiger partial charge in [-0.3, -0.25) is 0 Å². The van der Waals surface area contributed by atoms with Gasteiger partial charge in [0, 0.05) is 5.56 Å². The predicted octanol–water partition coefficient (Wildman–Crippen LogP) is 4.68. The minimum Gasteiger partial charge on any atom is -0.508 e. The van der Waals surface area contributed by atoms with E-state index in [-0.39, 0.29) is 11.3 Å². The highest BCUT2D eigenvalue weighted by Gasteiger charge is 2.57. The molecule has 1 aromatic carbocycles. The van der Waals surface area contributed by atoms with Crippen LogP contribution in [0.3, 0.4) is 0 Å². The Morgan fingerprint density at radius 3 is 1.90 bits per heavy atom. The van der Waals surface area contributed by atoms with Crippen LogP contribution in [-0.2, 0) is 11.3 Å². The molecule has 0 radical (unpaired) electrons. The quantitative estimate of drug-likeness (QED) is 0.786. The summed E-state index contributed by atoms with van der Waals surface area (Å²) in [6, 6.07) is 2.13. The van der Waals surface area contributed by atoms with Crippen LogP contribution >= 0.6 is 0 Å². The van der Waals surface area contributed by atoms with Crippen LogP contribution in [0.2, 0.25) is 0 Å². The van der Waals surface area contributed by atoms with E-state index in [9.17, 15) is 31.4 Å². The van der Waals surface area contributed by atoms with Gasteiger partial charge in [-0.15, -0.1) is 0 Å². The van der Waals surface area contributed by atoms with Crippen LogP contribution in [0.4, 0.5) is 26.3 Å². The fourth-order valence-corrected chi connectivity index (χ4v) is 1.70. The monoisotopic (exact) mass is 300 g/mol. The first kappa shape index (κ1) is 16.7. The maximum Gasteiger partial charge on any atom is 0.426 e. The molecule has 1 N–H and O–H groups in total. The minimum absolute atomic E-state index is 0.0176. The fourth-order valence-electron chi connectivity index (χ4n) is 1.70. The van der Waals surface area contributed by atoms with Crippen molar-refractivity contribution < 1.29 is 31.4 Å². The molecule has 0 amide bonds. The van der Waals surface area contributed by atoms with Crippen LogP contribution in [0, 0.1) is 0 Å². The molecule has 20 heavy (non-hydrogen) atoms. The SMILES string of the molecule is CC(C)(C)c1cc(C(F)(F)C(F)C(F)(F)F)ccc1O. The molecule has 0 saturated carbocycles. The van der Waals surface area contributed by atoms with Crippen LogP contribution < -0.4 is 0 Å². The summed E-state index contributed by atoms with van der Waals surface area (Å²) in [5.74, 6) is -5.05. The summed E-state index contributed by atoms with van der Waals surface area (Å²) in [5, 5.41) is 9.57. The standard InChI is InChI=1S/C13H14F6O/c1-11(2,3)8-6-7(4-5-9(8)20)12(15,16)10(14)13(17,18)19/h4-6,10,20H,1-3H3. The molecule has 0 aliphatic rings. The van der Waals surface area contributed by atoms with Gasteiger partial charge >= 0.3 is 12.1 Å². The second-order valence-electron chi connectivity index (χ2n) is 5.51. The van der Waals surface area contributed by atoms with E-state index < -0.39 is 29.2 Å². The fraction of sp³-hybridized carbons (Fsp3) is 0.538. The first-order valence-electron chi connectivity index (χ1n) is 5.70. The van der Waals surface area contributed by atoms with Crippen molar-refractivity contribution in [1.29, 1.82) is 0 Å². The molecule has 7 heteroatoms. The van der Waals surface area contributed by atoms with Gasteiger partial charge in [0.2, 0.25) is 0 Å². The summed E-state index contributed by atoms with van der Waals surface area (Å²) in [5.41, 5.74) is -1.88. The Hall–Kier alpha value is -1.40. The highest BCUT2D eigenvalue weighted by atomic mass is 19.4. The molecule has 0 aliphatic carbocycles. The van der Waals surface area contributed by atoms with Crippen molar-refractivity contribution in [2.24, 2.45) is 0 Å². The van der Waals surface area contributed by atoms with Crippen molar-refractivity contribution in [2.45, 2.75) is 44.5 Å². The molecule has 1 rings (SSSR count). The summed E-state index contributed by atoms with van der Waals surface area (Å²) in [6.45, 7) is 4.75. The van der Waals surface area contributed by atoms with E-state index in [2.05, 4.69) is 0 Å². The van der Waals surface area contributed by atoms with Crippen molar-refractivity contribution >= 4 is 0 Å². The zero-order valence-corrected chi connectivity index (χ0v) is 11.0. The topological polar surface area (TPSA) is 20.2 Å². The Bertz CT molecular complexity index is 487. The summed E-state index contributed by atoms with van der Waals surface area (Å²) < 4.78 is 76.5. The smallest absolute Gasteiger partial charge is 0.426 e. The molecule has 0 bridgehead atoms. The van der Waals surface area contributed by atoms with Crippen molar-refractivity contribution in [3.8, 4) is 5.75 Å². The van der Waals surface area contributed by atoms with Gasteiger partial charge in [0.05, 0.1) is 0 Å². The van der Waals surface area contributed by atoms with E-state index in [4.69, 9.17) is 0 Å². The summed E-state index contributed by atoms with van der Waals surface area (Å²) in [4.78, 5) is 0. The van der Waals surface area contributed by atoms with Gasteiger partial charge in [-0.2, -0.15) is 22.0 Å². The highest BCUT2D eigenvalue weighted by Crippen LogP contribution is 2.44. The van der Waals surface area contributed by atoms with E-state index >= 15 is 0 Å². The van der Waals surface area contributed by atoms with Crippen LogP contribution in [0.25, 0.3) is 0 Å². The molecule has 1 unspecified atom stereocenters. The van der Waals surface area contributed by atoms with E-state index in [1.54, 1.807) is 20.8 Å². The molecule has 0 saturated heterocycles. The second kappa shape index (κ2) is 4.86. The van der Waals surface area contributed by atoms with Crippen LogP contribution in [0.1, 0.15) is 31.9 Å². The number of hydrogen-bond donors (Lipinski definition) is 1. The van der Waals surface area contributed by atoms with Crippen molar-refractivity contribution in [2.75, 3.05) is 0 Å². The van der Waals surface area contributed by atoms with Gasteiger partial charge < -0.3 is 5.11 Å². The van der Waals surface area contributed by atoms with Crippen molar-refractivity contribution in [3.05, 3.63) is 29.3 Å². The van der Waals surface area contributed by atoms with Crippen LogP contribution in [0.15, 0.2) is 18.2 Å². The Morgan fingerprint density at radius 2 is 1.50 bits per heavy atom. The highest BCUT2D eigenvalue weighted by molar-refractivity contribution is 5.42.